The van der Waals surface area contributed by atoms with Gasteiger partial charge in [-0.1, -0.05) is 6.92 Å². The Balaban J connectivity index is 2.33. The van der Waals surface area contributed by atoms with Crippen LogP contribution in [0.25, 0.3) is 0 Å². The topological polar surface area (TPSA) is 84.4 Å². The Morgan fingerprint density at radius 3 is 2.68 bits per heavy atom. The summed E-state index contributed by atoms with van der Waals surface area (Å²) in [7, 11) is -6.79. The third kappa shape index (κ3) is 2.96. The number of rotatable bonds is 4. The molecule has 106 valence electrons. The third-order valence-corrected chi connectivity index (χ3v) is 6.93. The second-order valence-electron chi connectivity index (χ2n) is 4.45. The Morgan fingerprint density at radius 2 is 2.21 bits per heavy atom. The van der Waals surface area contributed by atoms with Crippen LogP contribution in [0.3, 0.4) is 0 Å². The van der Waals surface area contributed by atoms with Crippen molar-refractivity contribution in [3.8, 4) is 0 Å². The van der Waals surface area contributed by atoms with Crippen molar-refractivity contribution >= 4 is 19.9 Å². The van der Waals surface area contributed by atoms with E-state index < -0.39 is 25.9 Å². The normalized spacial score (nSPS) is 22.7. The fourth-order valence-corrected chi connectivity index (χ4v) is 5.71. The molecule has 0 aliphatic carbocycles. The highest BCUT2D eigenvalue weighted by molar-refractivity contribution is 7.92. The zero-order valence-corrected chi connectivity index (χ0v) is 12.2. The first kappa shape index (κ1) is 14.4. The molecule has 2 rings (SSSR count). The molecule has 1 aromatic rings. The number of hydrogen-bond donors (Lipinski definition) is 0. The lowest BCUT2D eigenvalue weighted by Crippen LogP contribution is -2.40. The molecule has 0 aromatic carbocycles. The van der Waals surface area contributed by atoms with Crippen molar-refractivity contribution in [3.05, 3.63) is 24.5 Å². The molecule has 1 fully saturated rings. The van der Waals surface area contributed by atoms with Crippen LogP contribution in [0.2, 0.25) is 0 Å². The van der Waals surface area contributed by atoms with E-state index in [2.05, 4.69) is 4.98 Å². The molecule has 0 amide bonds. The van der Waals surface area contributed by atoms with E-state index in [1.165, 1.54) is 22.8 Å². The molecule has 6 nitrogen and oxygen atoms in total. The van der Waals surface area contributed by atoms with Gasteiger partial charge in [0.1, 0.15) is 4.90 Å². The van der Waals surface area contributed by atoms with Crippen molar-refractivity contribution in [2.75, 3.05) is 18.1 Å². The number of sulfone groups is 1. The van der Waals surface area contributed by atoms with Gasteiger partial charge in [0.25, 0.3) is 0 Å². The molecule has 0 radical (unpaired) electrons. The van der Waals surface area contributed by atoms with E-state index in [0.29, 0.717) is 6.42 Å². The lowest BCUT2D eigenvalue weighted by molar-refractivity contribution is 0.354. The van der Waals surface area contributed by atoms with Gasteiger partial charge < -0.3 is 0 Å². The maximum atomic E-state index is 12.5. The van der Waals surface area contributed by atoms with Crippen molar-refractivity contribution in [3.63, 3.8) is 0 Å². The molecule has 1 saturated heterocycles. The van der Waals surface area contributed by atoms with Crippen molar-refractivity contribution in [1.29, 1.82) is 0 Å². The van der Waals surface area contributed by atoms with Gasteiger partial charge >= 0.3 is 0 Å². The minimum absolute atomic E-state index is 0.0523. The van der Waals surface area contributed by atoms with Gasteiger partial charge in [-0.05, 0) is 18.6 Å². The van der Waals surface area contributed by atoms with Crippen LogP contribution in [0.4, 0.5) is 0 Å². The Kier molecular flexibility index (Phi) is 3.93. The Morgan fingerprint density at radius 1 is 1.47 bits per heavy atom. The molecule has 0 saturated carbocycles. The molecule has 1 aliphatic rings. The molecular formula is C11H16N2O4S2. The number of pyridine rings is 1. The average molecular weight is 304 g/mol. The van der Waals surface area contributed by atoms with Gasteiger partial charge in [-0.3, -0.25) is 4.98 Å². The van der Waals surface area contributed by atoms with Crippen LogP contribution < -0.4 is 0 Å². The van der Waals surface area contributed by atoms with Crippen LogP contribution in [-0.4, -0.2) is 50.2 Å². The Hall–Kier alpha value is -0.990. The standard InChI is InChI=1S/C11H16N2O4S2/c1-2-13(10-5-7-18(14,15)9-10)19(16,17)11-4-3-6-12-8-11/h3-4,6,8,10H,2,5,7,9H2,1H3/t10-/m0/s1. The van der Waals surface area contributed by atoms with Crippen molar-refractivity contribution in [2.24, 2.45) is 0 Å². The van der Waals surface area contributed by atoms with Gasteiger partial charge in [-0.15, -0.1) is 0 Å². The van der Waals surface area contributed by atoms with E-state index in [4.69, 9.17) is 0 Å². The van der Waals surface area contributed by atoms with Crippen LogP contribution in [0.1, 0.15) is 13.3 Å². The minimum Gasteiger partial charge on any atom is -0.263 e. The fourth-order valence-electron chi connectivity index (χ4n) is 2.26. The molecular weight excluding hydrogens is 288 g/mol. The van der Waals surface area contributed by atoms with Gasteiger partial charge in [0.2, 0.25) is 10.0 Å². The zero-order chi connectivity index (χ0) is 14.1. The molecule has 1 atom stereocenters. The highest BCUT2D eigenvalue weighted by Gasteiger charge is 2.37. The van der Waals surface area contributed by atoms with Crippen LogP contribution >= 0.6 is 0 Å². The van der Waals surface area contributed by atoms with Crippen molar-refractivity contribution in [1.82, 2.24) is 9.29 Å². The lowest BCUT2D eigenvalue weighted by Gasteiger charge is -2.25. The molecule has 0 N–H and O–H groups in total. The van der Waals surface area contributed by atoms with E-state index >= 15 is 0 Å². The van der Waals surface area contributed by atoms with Gasteiger partial charge in [0.05, 0.1) is 11.5 Å². The van der Waals surface area contributed by atoms with Crippen molar-refractivity contribution < 1.29 is 16.8 Å². The second kappa shape index (κ2) is 5.18. The lowest BCUT2D eigenvalue weighted by atomic mass is 10.3. The van der Waals surface area contributed by atoms with E-state index in [0.717, 1.165) is 0 Å². The maximum absolute atomic E-state index is 12.5. The average Bonchev–Trinajstić information content (AvgIpc) is 2.71. The minimum atomic E-state index is -3.68. The summed E-state index contributed by atoms with van der Waals surface area (Å²) < 4.78 is 49.1. The largest absolute Gasteiger partial charge is 0.263 e. The number of aromatic nitrogens is 1. The number of nitrogens with zero attached hydrogens (tertiary/aromatic N) is 2. The predicted octanol–water partition coefficient (Wildman–Crippen LogP) is 0.279. The van der Waals surface area contributed by atoms with Crippen LogP contribution in [0.15, 0.2) is 29.4 Å². The monoisotopic (exact) mass is 304 g/mol. The SMILES string of the molecule is CCN([C@H]1CCS(=O)(=O)C1)S(=O)(=O)c1cccnc1. The third-order valence-electron chi connectivity index (χ3n) is 3.17. The van der Waals surface area contributed by atoms with Gasteiger partial charge in [-0.2, -0.15) is 4.31 Å². The summed E-state index contributed by atoms with van der Waals surface area (Å²) >= 11 is 0. The summed E-state index contributed by atoms with van der Waals surface area (Å²) in [4.78, 5) is 3.90. The first-order chi connectivity index (χ1) is 8.87. The number of sulfonamides is 1. The van der Waals surface area contributed by atoms with E-state index in [-0.39, 0.29) is 22.9 Å². The molecule has 19 heavy (non-hydrogen) atoms. The quantitative estimate of drug-likeness (QED) is 0.797. The van der Waals surface area contributed by atoms with E-state index in [9.17, 15) is 16.8 Å². The first-order valence-electron chi connectivity index (χ1n) is 5.99. The fraction of sp³-hybridized carbons (Fsp3) is 0.545. The summed E-state index contributed by atoms with van der Waals surface area (Å²) in [5.74, 6) is -0.0446. The summed E-state index contributed by atoms with van der Waals surface area (Å²) in [6.45, 7) is 1.95. The molecule has 8 heteroatoms. The summed E-state index contributed by atoms with van der Waals surface area (Å²) in [5.41, 5.74) is 0. The smallest absolute Gasteiger partial charge is 0.244 e. The summed E-state index contributed by atoms with van der Waals surface area (Å²) in [6, 6.07) is 2.54. The molecule has 2 heterocycles. The van der Waals surface area contributed by atoms with Crippen LogP contribution in [0.5, 0.6) is 0 Å². The maximum Gasteiger partial charge on any atom is 0.244 e. The van der Waals surface area contributed by atoms with Crippen LogP contribution in [-0.2, 0) is 19.9 Å². The van der Waals surface area contributed by atoms with Gasteiger partial charge in [0, 0.05) is 25.0 Å². The molecule has 1 aromatic heterocycles. The highest BCUT2D eigenvalue weighted by Crippen LogP contribution is 2.24. The summed E-state index contributed by atoms with van der Waals surface area (Å²) in [6.07, 6.45) is 3.13. The number of hydrogen-bond acceptors (Lipinski definition) is 5. The zero-order valence-electron chi connectivity index (χ0n) is 10.6. The molecule has 0 unspecified atom stereocenters. The predicted molar refractivity (Wildman–Crippen MR) is 70.9 cm³/mol. The molecule has 0 bridgehead atoms. The Labute approximate surface area is 113 Å². The highest BCUT2D eigenvalue weighted by atomic mass is 32.2. The van der Waals surface area contributed by atoms with E-state index in [1.807, 2.05) is 0 Å². The second-order valence-corrected chi connectivity index (χ2v) is 8.57. The van der Waals surface area contributed by atoms with Crippen LogP contribution in [0, 0.1) is 0 Å². The van der Waals surface area contributed by atoms with Gasteiger partial charge in [0.15, 0.2) is 9.84 Å². The molecule has 0 spiro atoms. The van der Waals surface area contributed by atoms with Gasteiger partial charge in [-0.25, -0.2) is 16.8 Å². The van der Waals surface area contributed by atoms with E-state index in [1.54, 1.807) is 13.0 Å². The summed E-state index contributed by atoms with van der Waals surface area (Å²) in [5, 5.41) is 0. The van der Waals surface area contributed by atoms with Crippen molar-refractivity contribution in [2.45, 2.75) is 24.3 Å². The molecule has 1 aliphatic heterocycles. The Bertz CT molecular complexity index is 641. The first-order valence-corrected chi connectivity index (χ1v) is 9.25.